The molecule has 0 aliphatic heterocycles. The fourth-order valence-electron chi connectivity index (χ4n) is 2.43. The van der Waals surface area contributed by atoms with Crippen molar-refractivity contribution in [2.24, 2.45) is 5.92 Å². The van der Waals surface area contributed by atoms with Gasteiger partial charge in [0.25, 0.3) is 0 Å². The molecule has 0 saturated heterocycles. The summed E-state index contributed by atoms with van der Waals surface area (Å²) in [7, 11) is 1.98. The van der Waals surface area contributed by atoms with Crippen LogP contribution in [0.5, 0.6) is 0 Å². The largest absolute Gasteiger partial charge is 0.374 e. The van der Waals surface area contributed by atoms with Crippen LogP contribution in [0.25, 0.3) is 0 Å². The predicted molar refractivity (Wildman–Crippen MR) is 71.8 cm³/mol. The Balaban J connectivity index is 2.28. The van der Waals surface area contributed by atoms with E-state index in [1.807, 2.05) is 7.05 Å². The van der Waals surface area contributed by atoms with Crippen LogP contribution in [0.4, 0.5) is 10.1 Å². The molecular weight excluding hydrogens is 229 g/mol. The van der Waals surface area contributed by atoms with Gasteiger partial charge in [0.05, 0.1) is 0 Å². The molecule has 1 aliphatic rings. The number of carbonyl (C=O) groups excluding carboxylic acids is 1. The first-order chi connectivity index (χ1) is 8.49. The number of ketones is 1. The van der Waals surface area contributed by atoms with E-state index >= 15 is 0 Å². The number of Topliss-reactive ketones (excluding diaryl/α,β-unsaturated/α-hetero) is 1. The maximum Gasteiger partial charge on any atom is 0.161 e. The Morgan fingerprint density at radius 3 is 2.61 bits per heavy atom. The van der Waals surface area contributed by atoms with Gasteiger partial charge < -0.3 is 4.90 Å². The third kappa shape index (κ3) is 2.55. The number of nitrogens with zero attached hydrogens (tertiary/aromatic N) is 1. The minimum absolute atomic E-state index is 0.0793. The van der Waals surface area contributed by atoms with Crippen molar-refractivity contribution in [3.8, 4) is 0 Å². The van der Waals surface area contributed by atoms with Crippen LogP contribution in [0, 0.1) is 18.7 Å². The lowest BCUT2D eigenvalue weighted by atomic mass is 9.85. The molecule has 2 rings (SSSR count). The van der Waals surface area contributed by atoms with E-state index < -0.39 is 0 Å². The summed E-state index contributed by atoms with van der Waals surface area (Å²) in [6.07, 6.45) is 3.83. The summed E-state index contributed by atoms with van der Waals surface area (Å²) in [6, 6.07) is 3.15. The van der Waals surface area contributed by atoms with Crippen molar-refractivity contribution in [1.29, 1.82) is 0 Å². The van der Waals surface area contributed by atoms with E-state index in [9.17, 15) is 9.18 Å². The van der Waals surface area contributed by atoms with Crippen LogP contribution in [-0.4, -0.2) is 19.4 Å². The van der Waals surface area contributed by atoms with E-state index in [2.05, 4.69) is 4.90 Å². The molecule has 1 aliphatic carbocycles. The Bertz CT molecular complexity index is 466. The highest BCUT2D eigenvalue weighted by Gasteiger charge is 2.21. The average Bonchev–Trinajstić information content (AvgIpc) is 2.26. The monoisotopic (exact) mass is 249 g/mol. The van der Waals surface area contributed by atoms with Crippen molar-refractivity contribution in [3.05, 3.63) is 29.1 Å². The molecular formula is C15H20FNO. The molecule has 0 unspecified atom stereocenters. The molecule has 98 valence electrons. The number of hydrogen-bond donors (Lipinski definition) is 0. The van der Waals surface area contributed by atoms with Crippen molar-refractivity contribution in [2.45, 2.75) is 33.1 Å². The molecule has 2 nitrogen and oxygen atoms in total. The van der Waals surface area contributed by atoms with Crippen LogP contribution in [0.3, 0.4) is 0 Å². The molecule has 1 aromatic rings. The fraction of sp³-hybridized carbons (Fsp3) is 0.533. The topological polar surface area (TPSA) is 20.3 Å². The van der Waals surface area contributed by atoms with Crippen LogP contribution in [0.1, 0.15) is 42.1 Å². The number of aryl methyl sites for hydroxylation is 1. The molecule has 0 aromatic heterocycles. The molecule has 0 radical (unpaired) electrons. The highest BCUT2D eigenvalue weighted by atomic mass is 19.1. The molecule has 1 saturated carbocycles. The van der Waals surface area contributed by atoms with E-state index in [1.54, 1.807) is 13.0 Å². The van der Waals surface area contributed by atoms with Gasteiger partial charge in [-0.25, -0.2) is 4.39 Å². The average molecular weight is 249 g/mol. The van der Waals surface area contributed by atoms with Gasteiger partial charge >= 0.3 is 0 Å². The Kier molecular flexibility index (Phi) is 3.69. The fourth-order valence-corrected chi connectivity index (χ4v) is 2.43. The van der Waals surface area contributed by atoms with E-state index in [0.717, 1.165) is 18.2 Å². The highest BCUT2D eigenvalue weighted by Crippen LogP contribution is 2.30. The SMILES string of the molecule is CC(=O)c1cc(F)c(C)cc1N(C)CC1CCC1. The number of rotatable bonds is 4. The zero-order valence-electron chi connectivity index (χ0n) is 11.3. The minimum Gasteiger partial charge on any atom is -0.374 e. The number of benzene rings is 1. The molecule has 0 bridgehead atoms. The smallest absolute Gasteiger partial charge is 0.161 e. The van der Waals surface area contributed by atoms with E-state index in [0.29, 0.717) is 11.1 Å². The highest BCUT2D eigenvalue weighted by molar-refractivity contribution is 5.99. The second-order valence-electron chi connectivity index (χ2n) is 5.35. The third-order valence-corrected chi connectivity index (χ3v) is 3.82. The van der Waals surface area contributed by atoms with Crippen LogP contribution in [-0.2, 0) is 0 Å². The van der Waals surface area contributed by atoms with Crippen molar-refractivity contribution < 1.29 is 9.18 Å². The molecule has 0 N–H and O–H groups in total. The van der Waals surface area contributed by atoms with Gasteiger partial charge in [-0.3, -0.25) is 4.79 Å². The van der Waals surface area contributed by atoms with Gasteiger partial charge in [-0.05, 0) is 50.3 Å². The van der Waals surface area contributed by atoms with Crippen molar-refractivity contribution in [2.75, 3.05) is 18.5 Å². The predicted octanol–water partition coefficient (Wildman–Crippen LogP) is 3.57. The first kappa shape index (κ1) is 13.1. The zero-order valence-corrected chi connectivity index (χ0v) is 11.3. The lowest BCUT2D eigenvalue weighted by molar-refractivity contribution is 0.101. The van der Waals surface area contributed by atoms with Gasteiger partial charge in [-0.15, -0.1) is 0 Å². The summed E-state index contributed by atoms with van der Waals surface area (Å²) in [5.74, 6) is 0.338. The second kappa shape index (κ2) is 5.09. The van der Waals surface area contributed by atoms with E-state index in [1.165, 1.54) is 32.3 Å². The van der Waals surface area contributed by atoms with Crippen molar-refractivity contribution >= 4 is 11.5 Å². The standard InChI is InChI=1S/C15H20FNO/c1-10-7-15(13(11(2)18)8-14(10)16)17(3)9-12-5-4-6-12/h7-8,12H,4-6,9H2,1-3H3. The summed E-state index contributed by atoms with van der Waals surface area (Å²) in [4.78, 5) is 13.7. The van der Waals surface area contributed by atoms with E-state index in [4.69, 9.17) is 0 Å². The van der Waals surface area contributed by atoms with Crippen LogP contribution in [0.15, 0.2) is 12.1 Å². The minimum atomic E-state index is -0.305. The van der Waals surface area contributed by atoms with Crippen LogP contribution >= 0.6 is 0 Å². The van der Waals surface area contributed by atoms with Crippen LogP contribution in [0.2, 0.25) is 0 Å². The van der Waals surface area contributed by atoms with Gasteiger partial charge in [0.1, 0.15) is 5.82 Å². The second-order valence-corrected chi connectivity index (χ2v) is 5.35. The van der Waals surface area contributed by atoms with Gasteiger partial charge in [-0.1, -0.05) is 6.42 Å². The molecule has 1 aromatic carbocycles. The zero-order chi connectivity index (χ0) is 13.3. The van der Waals surface area contributed by atoms with Crippen molar-refractivity contribution in [3.63, 3.8) is 0 Å². The first-order valence-corrected chi connectivity index (χ1v) is 6.51. The van der Waals surface area contributed by atoms with E-state index in [-0.39, 0.29) is 11.6 Å². The maximum absolute atomic E-state index is 13.6. The number of anilines is 1. The molecule has 18 heavy (non-hydrogen) atoms. The van der Waals surface area contributed by atoms with Gasteiger partial charge in [0.2, 0.25) is 0 Å². The lowest BCUT2D eigenvalue weighted by Gasteiger charge is -2.32. The normalized spacial score (nSPS) is 15.3. The Morgan fingerprint density at radius 2 is 2.11 bits per heavy atom. The lowest BCUT2D eigenvalue weighted by Crippen LogP contribution is -2.30. The molecule has 0 amide bonds. The molecule has 0 atom stereocenters. The number of hydrogen-bond acceptors (Lipinski definition) is 2. The van der Waals surface area contributed by atoms with Gasteiger partial charge in [0, 0.05) is 24.8 Å². The summed E-state index contributed by atoms with van der Waals surface area (Å²) in [6.45, 7) is 4.18. The summed E-state index contributed by atoms with van der Waals surface area (Å²) >= 11 is 0. The molecule has 3 heteroatoms. The summed E-state index contributed by atoms with van der Waals surface area (Å²) in [5.41, 5.74) is 1.93. The molecule has 1 fully saturated rings. The number of halogens is 1. The van der Waals surface area contributed by atoms with Gasteiger partial charge in [0.15, 0.2) is 5.78 Å². The Labute approximate surface area is 108 Å². The molecule has 0 heterocycles. The summed E-state index contributed by atoms with van der Waals surface area (Å²) < 4.78 is 13.6. The third-order valence-electron chi connectivity index (χ3n) is 3.82. The Hall–Kier alpha value is -1.38. The maximum atomic E-state index is 13.6. The summed E-state index contributed by atoms with van der Waals surface area (Å²) in [5, 5.41) is 0. The van der Waals surface area contributed by atoms with Gasteiger partial charge in [-0.2, -0.15) is 0 Å². The van der Waals surface area contributed by atoms with Crippen LogP contribution < -0.4 is 4.90 Å². The molecule has 0 spiro atoms. The Morgan fingerprint density at radius 1 is 1.44 bits per heavy atom. The number of carbonyl (C=O) groups is 1. The quantitative estimate of drug-likeness (QED) is 0.760. The first-order valence-electron chi connectivity index (χ1n) is 6.51. The van der Waals surface area contributed by atoms with Crippen molar-refractivity contribution in [1.82, 2.24) is 0 Å².